The fraction of sp³-hybridized carbons (Fsp3) is 0.389. The largest absolute Gasteiger partial charge is 0.419 e. The van der Waals surface area contributed by atoms with Gasteiger partial charge in [0, 0.05) is 44.5 Å². The number of halogens is 5. The molecular formula is C18H16BrF4N7O2. The summed E-state index contributed by atoms with van der Waals surface area (Å²) >= 11 is 3.18. The smallest absolute Gasteiger partial charge is 0.350 e. The molecule has 1 unspecified atom stereocenters. The molecule has 170 valence electrons. The van der Waals surface area contributed by atoms with E-state index in [9.17, 15) is 27.7 Å². The Labute approximate surface area is 186 Å². The molecule has 0 bridgehead atoms. The van der Waals surface area contributed by atoms with Crippen molar-refractivity contribution in [1.29, 1.82) is 0 Å². The fourth-order valence-corrected chi connectivity index (χ4v) is 4.12. The van der Waals surface area contributed by atoms with E-state index in [0.29, 0.717) is 33.8 Å². The number of alkyl halides is 4. The van der Waals surface area contributed by atoms with Crippen LogP contribution in [0.5, 0.6) is 0 Å². The molecule has 3 heterocycles. The number of piperidine rings is 1. The number of anilines is 2. The van der Waals surface area contributed by atoms with E-state index >= 15 is 0 Å². The Morgan fingerprint density at radius 1 is 1.25 bits per heavy atom. The molecule has 2 atom stereocenters. The molecule has 0 spiro atoms. The molecule has 1 fully saturated rings. The minimum Gasteiger partial charge on any atom is -0.350 e. The van der Waals surface area contributed by atoms with Gasteiger partial charge in [0.1, 0.15) is 6.17 Å². The van der Waals surface area contributed by atoms with Crippen LogP contribution in [0.3, 0.4) is 0 Å². The van der Waals surface area contributed by atoms with Gasteiger partial charge in [-0.3, -0.25) is 10.1 Å². The van der Waals surface area contributed by atoms with Gasteiger partial charge in [0.2, 0.25) is 11.9 Å². The molecule has 0 amide bonds. The van der Waals surface area contributed by atoms with Crippen molar-refractivity contribution in [2.24, 2.45) is 7.05 Å². The second-order valence-electron chi connectivity index (χ2n) is 7.39. The maximum Gasteiger partial charge on any atom is 0.419 e. The lowest BCUT2D eigenvalue weighted by molar-refractivity contribution is -0.385. The second kappa shape index (κ2) is 8.15. The first-order valence-electron chi connectivity index (χ1n) is 9.38. The lowest BCUT2D eigenvalue weighted by Gasteiger charge is -2.35. The number of benzene rings is 1. The van der Waals surface area contributed by atoms with Crippen molar-refractivity contribution in [3.63, 3.8) is 0 Å². The van der Waals surface area contributed by atoms with Crippen molar-refractivity contribution in [2.75, 3.05) is 23.3 Å². The first kappa shape index (κ1) is 22.2. The fourth-order valence-electron chi connectivity index (χ4n) is 3.65. The molecule has 9 nitrogen and oxygen atoms in total. The average Bonchev–Trinajstić information content (AvgIpc) is 3.02. The third kappa shape index (κ3) is 4.31. The second-order valence-corrected chi connectivity index (χ2v) is 8.25. The number of aromatic nitrogens is 4. The van der Waals surface area contributed by atoms with Crippen LogP contribution >= 0.6 is 15.9 Å². The highest BCUT2D eigenvalue weighted by molar-refractivity contribution is 9.10. The predicted octanol–water partition coefficient (Wildman–Crippen LogP) is 4.08. The summed E-state index contributed by atoms with van der Waals surface area (Å²) in [5, 5.41) is 14.1. The van der Waals surface area contributed by atoms with E-state index in [0.717, 1.165) is 0 Å². The summed E-state index contributed by atoms with van der Waals surface area (Å²) in [6.07, 6.45) is -4.34. The number of rotatable bonds is 4. The van der Waals surface area contributed by atoms with Gasteiger partial charge in [-0.1, -0.05) is 0 Å². The number of nitrogens with zero attached hydrogens (tertiary/aromatic N) is 6. The number of nitro groups is 1. The Bertz CT molecular complexity index is 1170. The van der Waals surface area contributed by atoms with Crippen LogP contribution in [0.25, 0.3) is 11.0 Å². The normalized spacial score (nSPS) is 19.4. The lowest BCUT2D eigenvalue weighted by Crippen LogP contribution is -2.48. The van der Waals surface area contributed by atoms with Crippen LogP contribution in [-0.2, 0) is 13.2 Å². The summed E-state index contributed by atoms with van der Waals surface area (Å²) < 4.78 is 54.6. The first-order chi connectivity index (χ1) is 15.0. The minimum atomic E-state index is -4.55. The quantitative estimate of drug-likeness (QED) is 0.316. The Morgan fingerprint density at radius 2 is 1.94 bits per heavy atom. The molecular weight excluding hydrogens is 502 g/mol. The van der Waals surface area contributed by atoms with Gasteiger partial charge in [-0.25, -0.2) is 19.3 Å². The number of aryl methyl sites for hydroxylation is 1. The van der Waals surface area contributed by atoms with Crippen molar-refractivity contribution < 1.29 is 22.5 Å². The Morgan fingerprint density at radius 3 is 2.56 bits per heavy atom. The van der Waals surface area contributed by atoms with E-state index in [-0.39, 0.29) is 31.1 Å². The minimum absolute atomic E-state index is 0.0402. The molecule has 0 radical (unpaired) electrons. The van der Waals surface area contributed by atoms with Crippen LogP contribution < -0.4 is 10.2 Å². The van der Waals surface area contributed by atoms with Gasteiger partial charge < -0.3 is 14.8 Å². The molecule has 0 aliphatic carbocycles. The molecule has 1 aliphatic heterocycles. The number of hydrogen-bond acceptors (Lipinski definition) is 7. The van der Waals surface area contributed by atoms with Crippen LogP contribution in [0, 0.1) is 10.1 Å². The summed E-state index contributed by atoms with van der Waals surface area (Å²) in [5.41, 5.74) is -0.109. The maximum atomic E-state index is 14.5. The number of nitrogens with one attached hydrogen (secondary N) is 1. The van der Waals surface area contributed by atoms with Crippen molar-refractivity contribution in [3.8, 4) is 0 Å². The van der Waals surface area contributed by atoms with Crippen molar-refractivity contribution >= 4 is 44.5 Å². The molecule has 2 aromatic heterocycles. The van der Waals surface area contributed by atoms with E-state index in [1.165, 1.54) is 6.07 Å². The molecule has 1 N–H and O–H groups in total. The van der Waals surface area contributed by atoms with Gasteiger partial charge in [0.25, 0.3) is 5.69 Å². The Kier molecular flexibility index (Phi) is 5.65. The average molecular weight is 518 g/mol. The molecule has 0 saturated carbocycles. The molecule has 1 aromatic carbocycles. The highest BCUT2D eigenvalue weighted by Crippen LogP contribution is 2.33. The van der Waals surface area contributed by atoms with Crippen molar-refractivity contribution in [2.45, 2.75) is 24.8 Å². The van der Waals surface area contributed by atoms with Crippen LogP contribution in [0.4, 0.5) is 35.1 Å². The SMILES string of the molecule is Cn1c(N2CC(F)C[C@@H](Nc3ncc(C(F)(F)F)cn3)C2)nc2cc([N+](=O)[O-])c(Br)cc21. The first-order valence-corrected chi connectivity index (χ1v) is 10.2. The third-order valence-electron chi connectivity index (χ3n) is 5.12. The topological polar surface area (TPSA) is 102 Å². The molecule has 3 aromatic rings. The zero-order valence-electron chi connectivity index (χ0n) is 16.5. The van der Waals surface area contributed by atoms with E-state index < -0.39 is 28.9 Å². The maximum absolute atomic E-state index is 14.5. The van der Waals surface area contributed by atoms with E-state index in [2.05, 4.69) is 36.2 Å². The number of imidazole rings is 1. The van der Waals surface area contributed by atoms with Crippen molar-refractivity contribution in [3.05, 3.63) is 44.7 Å². The van der Waals surface area contributed by atoms with Crippen LogP contribution in [0.1, 0.15) is 12.0 Å². The van der Waals surface area contributed by atoms with E-state index in [4.69, 9.17) is 0 Å². The zero-order chi connectivity index (χ0) is 23.2. The molecule has 1 saturated heterocycles. The van der Waals surface area contributed by atoms with E-state index in [1.807, 2.05) is 0 Å². The highest BCUT2D eigenvalue weighted by Gasteiger charge is 2.33. The number of nitro benzene ring substituents is 1. The van der Waals surface area contributed by atoms with Gasteiger partial charge in [0.05, 0.1) is 32.5 Å². The standard InChI is InChI=1S/C18H16BrF4N7O2/c1-28-15-3-12(19)14(30(31)32)4-13(15)27-17(28)29-7-10(20)2-11(8-29)26-16-24-5-9(6-25-16)18(21,22)23/h3-6,10-11H,2,7-8H2,1H3,(H,24,25,26)/t10?,11-/m1/s1. The summed E-state index contributed by atoms with van der Waals surface area (Å²) in [7, 11) is 1.71. The molecule has 14 heteroatoms. The summed E-state index contributed by atoms with van der Waals surface area (Å²) in [6, 6.07) is 2.43. The van der Waals surface area contributed by atoms with Crippen LogP contribution in [0.15, 0.2) is 29.0 Å². The van der Waals surface area contributed by atoms with Gasteiger partial charge in [-0.2, -0.15) is 13.2 Å². The van der Waals surface area contributed by atoms with Gasteiger partial charge >= 0.3 is 6.18 Å². The third-order valence-corrected chi connectivity index (χ3v) is 5.75. The van der Waals surface area contributed by atoms with Crippen LogP contribution in [0.2, 0.25) is 0 Å². The number of fused-ring (bicyclic) bond motifs is 1. The molecule has 4 rings (SSSR count). The number of hydrogen-bond donors (Lipinski definition) is 1. The Hall–Kier alpha value is -3.03. The highest BCUT2D eigenvalue weighted by atomic mass is 79.9. The predicted molar refractivity (Wildman–Crippen MR) is 111 cm³/mol. The summed E-state index contributed by atoms with van der Waals surface area (Å²) in [6.45, 7) is 0.331. The monoisotopic (exact) mass is 517 g/mol. The molecule has 1 aliphatic rings. The van der Waals surface area contributed by atoms with Gasteiger partial charge in [-0.15, -0.1) is 0 Å². The summed E-state index contributed by atoms with van der Waals surface area (Å²) in [5.74, 6) is 0.372. The van der Waals surface area contributed by atoms with E-state index in [1.54, 1.807) is 22.6 Å². The van der Waals surface area contributed by atoms with Crippen molar-refractivity contribution in [1.82, 2.24) is 19.5 Å². The van der Waals surface area contributed by atoms with Gasteiger partial charge in [0.15, 0.2) is 0 Å². The zero-order valence-corrected chi connectivity index (χ0v) is 18.1. The lowest BCUT2D eigenvalue weighted by atomic mass is 10.0. The summed E-state index contributed by atoms with van der Waals surface area (Å²) in [4.78, 5) is 24.1. The van der Waals surface area contributed by atoms with Crippen LogP contribution in [-0.4, -0.2) is 49.7 Å². The van der Waals surface area contributed by atoms with Gasteiger partial charge in [-0.05, 0) is 22.0 Å². The molecule has 32 heavy (non-hydrogen) atoms. The Balaban J connectivity index is 1.57.